The summed E-state index contributed by atoms with van der Waals surface area (Å²) >= 11 is 0. The molecule has 0 fully saturated rings. The van der Waals surface area contributed by atoms with Crippen molar-refractivity contribution in [1.82, 2.24) is 0 Å². The first kappa shape index (κ1) is 16.1. The molecule has 0 spiro atoms. The minimum absolute atomic E-state index is 0.0154. The van der Waals surface area contributed by atoms with Gasteiger partial charge in [0.2, 0.25) is 0 Å². The highest BCUT2D eigenvalue weighted by molar-refractivity contribution is 7.86. The zero-order valence-corrected chi connectivity index (χ0v) is 12.0. The van der Waals surface area contributed by atoms with Gasteiger partial charge in [-0.1, -0.05) is 17.7 Å². The van der Waals surface area contributed by atoms with E-state index in [1.807, 2.05) is 6.92 Å². The maximum absolute atomic E-state index is 11.9. The lowest BCUT2D eigenvalue weighted by molar-refractivity contribution is -0.147. The van der Waals surface area contributed by atoms with Gasteiger partial charge in [-0.2, -0.15) is 13.7 Å². The number of nitrogens with zero attached hydrogens (tertiary/aromatic N) is 1. The van der Waals surface area contributed by atoms with Crippen molar-refractivity contribution in [2.45, 2.75) is 31.3 Å². The quantitative estimate of drug-likeness (QED) is 0.584. The Hall–Kier alpha value is -1.91. The van der Waals surface area contributed by atoms with E-state index in [4.69, 9.17) is 14.2 Å². The van der Waals surface area contributed by atoms with Gasteiger partial charge in [-0.15, -0.1) is 0 Å². The van der Waals surface area contributed by atoms with Crippen LogP contribution in [0, 0.1) is 18.3 Å². The summed E-state index contributed by atoms with van der Waals surface area (Å²) in [6, 6.07) is 7.95. The Kier molecular flexibility index (Phi) is 5.67. The van der Waals surface area contributed by atoms with Gasteiger partial charge < -0.3 is 4.74 Å². The maximum atomic E-state index is 11.9. The molecule has 1 atom stereocenters. The molecule has 0 radical (unpaired) electrons. The number of rotatable bonds is 6. The van der Waals surface area contributed by atoms with E-state index in [9.17, 15) is 13.2 Å². The molecular formula is C13H15NO5S. The Balaban J connectivity index is 2.73. The Labute approximate surface area is 118 Å². The topological polar surface area (TPSA) is 93.5 Å². The van der Waals surface area contributed by atoms with E-state index < -0.39 is 22.2 Å². The normalized spacial score (nSPS) is 12.4. The van der Waals surface area contributed by atoms with Crippen molar-refractivity contribution < 1.29 is 22.1 Å². The lowest BCUT2D eigenvalue weighted by atomic mass is 10.2. The third kappa shape index (κ3) is 4.99. The molecule has 0 aliphatic heterocycles. The number of ether oxygens (including phenoxy) is 1. The van der Waals surface area contributed by atoms with E-state index in [2.05, 4.69) is 0 Å². The fourth-order valence-electron chi connectivity index (χ4n) is 1.41. The van der Waals surface area contributed by atoms with Gasteiger partial charge >= 0.3 is 5.97 Å². The third-order valence-corrected chi connectivity index (χ3v) is 3.67. The second-order valence-electron chi connectivity index (χ2n) is 4.15. The average molecular weight is 297 g/mol. The minimum atomic E-state index is -3.93. The maximum Gasteiger partial charge on any atom is 0.303 e. The highest BCUT2D eigenvalue weighted by atomic mass is 32.2. The molecule has 0 amide bonds. The third-order valence-electron chi connectivity index (χ3n) is 2.37. The van der Waals surface area contributed by atoms with Crippen LogP contribution in [0.1, 0.15) is 18.9 Å². The molecule has 0 aliphatic rings. The standard InChI is InChI=1S/C13H15NO5S/c1-10-3-5-13(6-4-10)20(16,17)18-9-12(7-8-14)19-11(2)15/h3-6,12H,7,9H2,1-2H3. The first-order chi connectivity index (χ1) is 9.35. The van der Waals surface area contributed by atoms with Gasteiger partial charge in [0.25, 0.3) is 10.1 Å². The fraction of sp³-hybridized carbons (Fsp3) is 0.385. The number of esters is 1. The fourth-order valence-corrected chi connectivity index (χ4v) is 2.35. The number of benzene rings is 1. The summed E-state index contributed by atoms with van der Waals surface area (Å²) in [5, 5.41) is 8.58. The van der Waals surface area contributed by atoms with Gasteiger partial charge in [0.05, 0.1) is 17.4 Å². The first-order valence-electron chi connectivity index (χ1n) is 5.85. The van der Waals surface area contributed by atoms with Crippen LogP contribution in [-0.4, -0.2) is 27.1 Å². The van der Waals surface area contributed by atoms with Gasteiger partial charge in [0.15, 0.2) is 0 Å². The van der Waals surface area contributed by atoms with E-state index in [-0.39, 0.29) is 17.9 Å². The van der Waals surface area contributed by atoms with Gasteiger partial charge in [-0.05, 0) is 19.1 Å². The van der Waals surface area contributed by atoms with E-state index in [0.717, 1.165) is 5.56 Å². The summed E-state index contributed by atoms with van der Waals surface area (Å²) in [6.45, 7) is 2.63. The molecule has 1 unspecified atom stereocenters. The second-order valence-corrected chi connectivity index (χ2v) is 5.76. The molecule has 0 aliphatic carbocycles. The van der Waals surface area contributed by atoms with Crippen molar-refractivity contribution >= 4 is 16.1 Å². The van der Waals surface area contributed by atoms with Gasteiger partial charge in [-0.25, -0.2) is 0 Å². The number of hydrogen-bond acceptors (Lipinski definition) is 6. The molecule has 0 N–H and O–H groups in total. The van der Waals surface area contributed by atoms with Crippen LogP contribution in [-0.2, 0) is 23.8 Å². The predicted octanol–water partition coefficient (Wildman–Crippen LogP) is 1.55. The smallest absolute Gasteiger partial charge is 0.303 e. The van der Waals surface area contributed by atoms with Crippen LogP contribution in [0.25, 0.3) is 0 Å². The van der Waals surface area contributed by atoms with Gasteiger partial charge in [0.1, 0.15) is 12.7 Å². The summed E-state index contributed by atoms with van der Waals surface area (Å²) in [6.07, 6.45) is -1.04. The van der Waals surface area contributed by atoms with Crippen LogP contribution >= 0.6 is 0 Å². The van der Waals surface area contributed by atoms with E-state index >= 15 is 0 Å². The zero-order valence-electron chi connectivity index (χ0n) is 11.2. The van der Waals surface area contributed by atoms with Crippen molar-refractivity contribution in [3.05, 3.63) is 29.8 Å². The van der Waals surface area contributed by atoms with Crippen LogP contribution < -0.4 is 0 Å². The number of aryl methyl sites for hydroxylation is 1. The molecule has 0 saturated heterocycles. The number of carbonyl (C=O) groups is 1. The van der Waals surface area contributed by atoms with Crippen LogP contribution in [0.4, 0.5) is 0 Å². The first-order valence-corrected chi connectivity index (χ1v) is 7.26. The number of hydrogen-bond donors (Lipinski definition) is 0. The molecule has 0 saturated carbocycles. The Morgan fingerprint density at radius 3 is 2.45 bits per heavy atom. The van der Waals surface area contributed by atoms with Crippen molar-refractivity contribution in [3.8, 4) is 6.07 Å². The van der Waals surface area contributed by atoms with E-state index in [1.165, 1.54) is 19.1 Å². The van der Waals surface area contributed by atoms with Gasteiger partial charge in [0, 0.05) is 6.92 Å². The summed E-state index contributed by atoms with van der Waals surface area (Å²) in [7, 11) is -3.93. The second kappa shape index (κ2) is 7.03. The highest BCUT2D eigenvalue weighted by Crippen LogP contribution is 2.14. The Morgan fingerprint density at radius 2 is 1.95 bits per heavy atom. The van der Waals surface area contributed by atoms with Crippen molar-refractivity contribution in [2.75, 3.05) is 6.61 Å². The molecule has 7 heteroatoms. The van der Waals surface area contributed by atoms with Crippen molar-refractivity contribution in [1.29, 1.82) is 5.26 Å². The molecule has 20 heavy (non-hydrogen) atoms. The van der Waals surface area contributed by atoms with Crippen molar-refractivity contribution in [3.63, 3.8) is 0 Å². The predicted molar refractivity (Wildman–Crippen MR) is 70.1 cm³/mol. The minimum Gasteiger partial charge on any atom is -0.459 e. The molecule has 0 aromatic heterocycles. The summed E-state index contributed by atoms with van der Waals surface area (Å²) in [5.74, 6) is -0.596. The van der Waals surface area contributed by atoms with Crippen LogP contribution in [0.3, 0.4) is 0 Å². The molecule has 1 aromatic carbocycles. The molecule has 0 bridgehead atoms. The van der Waals surface area contributed by atoms with Crippen LogP contribution in [0.15, 0.2) is 29.2 Å². The molecular weight excluding hydrogens is 282 g/mol. The highest BCUT2D eigenvalue weighted by Gasteiger charge is 2.20. The van der Waals surface area contributed by atoms with E-state index in [0.29, 0.717) is 0 Å². The van der Waals surface area contributed by atoms with Gasteiger partial charge in [-0.3, -0.25) is 8.98 Å². The SMILES string of the molecule is CC(=O)OC(CC#N)COS(=O)(=O)c1ccc(C)cc1. The lowest BCUT2D eigenvalue weighted by Gasteiger charge is -2.14. The molecule has 1 aromatic rings. The van der Waals surface area contributed by atoms with Crippen LogP contribution in [0.2, 0.25) is 0 Å². The molecule has 6 nitrogen and oxygen atoms in total. The number of nitriles is 1. The van der Waals surface area contributed by atoms with E-state index in [1.54, 1.807) is 18.2 Å². The Morgan fingerprint density at radius 1 is 1.35 bits per heavy atom. The van der Waals surface area contributed by atoms with Crippen LogP contribution in [0.5, 0.6) is 0 Å². The largest absolute Gasteiger partial charge is 0.459 e. The lowest BCUT2D eigenvalue weighted by Crippen LogP contribution is -2.24. The summed E-state index contributed by atoms with van der Waals surface area (Å²) in [4.78, 5) is 10.8. The van der Waals surface area contributed by atoms with Crippen molar-refractivity contribution in [2.24, 2.45) is 0 Å². The number of carbonyl (C=O) groups excluding carboxylic acids is 1. The monoisotopic (exact) mass is 297 g/mol. The molecule has 1 rings (SSSR count). The summed E-state index contributed by atoms with van der Waals surface area (Å²) in [5.41, 5.74) is 0.922. The zero-order chi connectivity index (χ0) is 15.2. The Bertz CT molecular complexity index is 601. The average Bonchev–Trinajstić information content (AvgIpc) is 2.36. The molecule has 0 heterocycles. The molecule has 108 valence electrons. The summed E-state index contributed by atoms with van der Waals surface area (Å²) < 4.78 is 33.4.